The highest BCUT2D eigenvalue weighted by atomic mass is 32.2. The number of benzene rings is 1. The fraction of sp³-hybridized carbons (Fsp3) is 0.333. The van der Waals surface area contributed by atoms with Gasteiger partial charge in [0.05, 0.1) is 16.4 Å². The molecule has 1 atom stereocenters. The first-order chi connectivity index (χ1) is 15.5. The summed E-state index contributed by atoms with van der Waals surface area (Å²) in [5.74, 6) is -2.49. The highest BCUT2D eigenvalue weighted by Crippen LogP contribution is 2.46. The molecule has 1 aromatic heterocycles. The zero-order valence-electron chi connectivity index (χ0n) is 16.9. The second-order valence-corrected chi connectivity index (χ2v) is 8.87. The molecule has 1 aromatic carbocycles. The smallest absolute Gasteiger partial charge is 0.475 e. The summed E-state index contributed by atoms with van der Waals surface area (Å²) in [6.45, 7) is 1.27. The number of carbonyl (C=O) groups excluding carboxylic acids is 1. The first-order valence-corrected chi connectivity index (χ1v) is 10.5. The molecule has 2 aliphatic heterocycles. The molecule has 1 amide bonds. The van der Waals surface area contributed by atoms with Gasteiger partial charge in [-0.2, -0.15) is 18.4 Å². The number of likely N-dealkylation sites (tertiary alicyclic amines) is 1. The zero-order chi connectivity index (χ0) is 24.2. The van der Waals surface area contributed by atoms with Gasteiger partial charge in [0.1, 0.15) is 6.10 Å². The van der Waals surface area contributed by atoms with E-state index in [0.29, 0.717) is 24.2 Å². The molecular formula is C21H17F4N3O4S. The Kier molecular flexibility index (Phi) is 7.12. The minimum atomic E-state index is -5.08. The van der Waals surface area contributed by atoms with Crippen molar-refractivity contribution >= 4 is 23.6 Å². The van der Waals surface area contributed by atoms with Crippen LogP contribution in [0.25, 0.3) is 0 Å². The van der Waals surface area contributed by atoms with E-state index in [1.807, 2.05) is 0 Å². The number of thioether (sulfide) groups is 1. The van der Waals surface area contributed by atoms with Crippen LogP contribution in [0.3, 0.4) is 0 Å². The van der Waals surface area contributed by atoms with Crippen LogP contribution in [0.5, 0.6) is 5.88 Å². The Morgan fingerprint density at radius 2 is 1.97 bits per heavy atom. The lowest BCUT2D eigenvalue weighted by Gasteiger charge is -2.47. The molecule has 33 heavy (non-hydrogen) atoms. The first kappa shape index (κ1) is 24.3. The van der Waals surface area contributed by atoms with Gasteiger partial charge < -0.3 is 14.7 Å². The van der Waals surface area contributed by atoms with Crippen molar-refractivity contribution < 1.29 is 37.0 Å². The van der Waals surface area contributed by atoms with E-state index in [4.69, 9.17) is 19.9 Å². The highest BCUT2D eigenvalue weighted by molar-refractivity contribution is 8.01. The number of rotatable bonds is 3. The number of halogens is 4. The first-order valence-electron chi connectivity index (χ1n) is 9.54. The number of pyridine rings is 1. The van der Waals surface area contributed by atoms with Crippen molar-refractivity contribution in [3.05, 3.63) is 59.5 Å². The van der Waals surface area contributed by atoms with Gasteiger partial charge in [0, 0.05) is 37.0 Å². The van der Waals surface area contributed by atoms with Crippen LogP contribution in [0.15, 0.2) is 42.6 Å². The Morgan fingerprint density at radius 3 is 2.58 bits per heavy atom. The van der Waals surface area contributed by atoms with Crippen LogP contribution >= 0.6 is 11.8 Å². The topological polar surface area (TPSA) is 104 Å². The molecule has 2 saturated heterocycles. The van der Waals surface area contributed by atoms with E-state index in [-0.39, 0.29) is 22.6 Å². The Balaban J connectivity index is 0.000000383. The zero-order valence-corrected chi connectivity index (χ0v) is 17.7. The SMILES string of the molecule is N#Cc1cccc(C(=O)N2CC3(CC(Oc4ncccc4F)CS3)C2)c1.O=C(O)C(F)(F)F. The summed E-state index contributed by atoms with van der Waals surface area (Å²) in [5.41, 5.74) is 1.01. The number of nitriles is 1. The molecule has 0 radical (unpaired) electrons. The molecule has 0 saturated carbocycles. The van der Waals surface area contributed by atoms with Gasteiger partial charge in [0.2, 0.25) is 0 Å². The van der Waals surface area contributed by atoms with Gasteiger partial charge in [-0.1, -0.05) is 6.07 Å². The molecule has 0 bridgehead atoms. The number of amides is 1. The van der Waals surface area contributed by atoms with Gasteiger partial charge in [0.15, 0.2) is 5.82 Å². The van der Waals surface area contributed by atoms with Gasteiger partial charge in [-0.15, -0.1) is 11.8 Å². The van der Waals surface area contributed by atoms with Gasteiger partial charge in [0.25, 0.3) is 11.8 Å². The van der Waals surface area contributed by atoms with E-state index < -0.39 is 18.0 Å². The average molecular weight is 483 g/mol. The lowest BCUT2D eigenvalue weighted by Crippen LogP contribution is -2.60. The molecule has 7 nitrogen and oxygen atoms in total. The maximum absolute atomic E-state index is 13.7. The molecule has 3 heterocycles. The van der Waals surface area contributed by atoms with Crippen molar-refractivity contribution in [2.75, 3.05) is 18.8 Å². The summed E-state index contributed by atoms with van der Waals surface area (Å²) < 4.78 is 51.1. The summed E-state index contributed by atoms with van der Waals surface area (Å²) in [6, 6.07) is 11.7. The number of ether oxygens (including phenoxy) is 1. The number of aromatic nitrogens is 1. The average Bonchev–Trinajstić information content (AvgIpc) is 3.18. The molecule has 12 heteroatoms. The predicted molar refractivity (Wildman–Crippen MR) is 109 cm³/mol. The standard InChI is InChI=1S/C19H16FN3O2S.C2HF3O2/c20-16-5-2-6-22-17(16)25-15-8-19(26-10-15)11-23(12-19)18(24)14-4-1-3-13(7-14)9-21;3-2(4,5)1(6)7/h1-7,15H,8,10-12H2;(H,6,7). The number of hydrogen-bond acceptors (Lipinski definition) is 6. The molecule has 1 spiro atoms. The van der Waals surface area contributed by atoms with E-state index >= 15 is 0 Å². The molecule has 1 unspecified atom stereocenters. The van der Waals surface area contributed by atoms with E-state index in [2.05, 4.69) is 11.1 Å². The van der Waals surface area contributed by atoms with Gasteiger partial charge in [-0.25, -0.2) is 14.2 Å². The number of alkyl halides is 3. The highest BCUT2D eigenvalue weighted by Gasteiger charge is 2.51. The molecular weight excluding hydrogens is 466 g/mol. The van der Waals surface area contributed by atoms with Crippen LogP contribution in [0, 0.1) is 17.1 Å². The molecule has 0 aliphatic carbocycles. The van der Waals surface area contributed by atoms with Crippen LogP contribution in [0.1, 0.15) is 22.3 Å². The molecule has 2 aromatic rings. The summed E-state index contributed by atoms with van der Waals surface area (Å²) in [7, 11) is 0. The molecule has 2 aliphatic rings. The number of hydrogen-bond donors (Lipinski definition) is 1. The third kappa shape index (κ3) is 5.92. The Morgan fingerprint density at radius 1 is 1.27 bits per heavy atom. The Labute approximate surface area is 190 Å². The third-order valence-corrected chi connectivity index (χ3v) is 6.48. The van der Waals surface area contributed by atoms with Crippen LogP contribution in [0.4, 0.5) is 17.6 Å². The van der Waals surface area contributed by atoms with Crippen LogP contribution < -0.4 is 4.74 Å². The minimum Gasteiger partial charge on any atom is -0.475 e. The fourth-order valence-corrected chi connectivity index (χ4v) is 4.94. The minimum absolute atomic E-state index is 0.0293. The monoisotopic (exact) mass is 483 g/mol. The molecule has 4 rings (SSSR count). The van der Waals surface area contributed by atoms with Gasteiger partial charge >= 0.3 is 12.1 Å². The van der Waals surface area contributed by atoms with Crippen molar-refractivity contribution in [1.29, 1.82) is 5.26 Å². The summed E-state index contributed by atoms with van der Waals surface area (Å²) in [5, 5.41) is 16.1. The van der Waals surface area contributed by atoms with Crippen LogP contribution in [-0.4, -0.2) is 62.7 Å². The fourth-order valence-electron chi connectivity index (χ4n) is 3.41. The lowest BCUT2D eigenvalue weighted by molar-refractivity contribution is -0.192. The maximum atomic E-state index is 13.7. The Hall–Kier alpha value is -3.33. The molecule has 174 valence electrons. The van der Waals surface area contributed by atoms with Crippen molar-refractivity contribution in [3.8, 4) is 11.9 Å². The van der Waals surface area contributed by atoms with Crippen LogP contribution in [-0.2, 0) is 4.79 Å². The molecule has 1 N–H and O–H groups in total. The summed E-state index contributed by atoms with van der Waals surface area (Å²) in [4.78, 5) is 27.2. The van der Waals surface area contributed by atoms with E-state index in [0.717, 1.165) is 12.2 Å². The second-order valence-electron chi connectivity index (χ2n) is 7.39. The van der Waals surface area contributed by atoms with E-state index in [1.165, 1.54) is 18.3 Å². The number of aliphatic carboxylic acids is 1. The number of carboxylic acid groups (broad SMARTS) is 1. The number of carbonyl (C=O) groups is 2. The molecule has 2 fully saturated rings. The van der Waals surface area contributed by atoms with Gasteiger partial charge in [-0.05, 0) is 30.3 Å². The lowest BCUT2D eigenvalue weighted by atomic mass is 9.92. The van der Waals surface area contributed by atoms with Crippen molar-refractivity contribution in [2.24, 2.45) is 0 Å². The second kappa shape index (κ2) is 9.66. The van der Waals surface area contributed by atoms with Crippen molar-refractivity contribution in [1.82, 2.24) is 9.88 Å². The third-order valence-electron chi connectivity index (χ3n) is 4.90. The van der Waals surface area contributed by atoms with Gasteiger partial charge in [-0.3, -0.25) is 4.79 Å². The number of carboxylic acids is 1. The number of nitrogens with zero attached hydrogens (tertiary/aromatic N) is 3. The van der Waals surface area contributed by atoms with Crippen molar-refractivity contribution in [3.63, 3.8) is 0 Å². The predicted octanol–water partition coefficient (Wildman–Crippen LogP) is 3.50. The van der Waals surface area contributed by atoms with E-state index in [1.54, 1.807) is 40.9 Å². The Bertz CT molecular complexity index is 1080. The quantitative estimate of drug-likeness (QED) is 0.667. The van der Waals surface area contributed by atoms with Crippen LogP contribution in [0.2, 0.25) is 0 Å². The normalized spacial score (nSPS) is 18.5. The summed E-state index contributed by atoms with van der Waals surface area (Å²) >= 11 is 1.77. The largest absolute Gasteiger partial charge is 0.490 e. The van der Waals surface area contributed by atoms with E-state index in [9.17, 15) is 22.4 Å². The summed E-state index contributed by atoms with van der Waals surface area (Å²) in [6.07, 6.45) is -2.92. The van der Waals surface area contributed by atoms with Crippen molar-refractivity contribution in [2.45, 2.75) is 23.4 Å². The maximum Gasteiger partial charge on any atom is 0.490 e.